The predicted octanol–water partition coefficient (Wildman–Crippen LogP) is 4.46. The third-order valence-corrected chi connectivity index (χ3v) is 9.06. The molecule has 2 saturated heterocycles. The number of halogens is 3. The molecule has 10 nitrogen and oxygen atoms in total. The molecule has 1 amide bonds. The fraction of sp³-hybridized carbons (Fsp3) is 0.607. The Bertz CT molecular complexity index is 1320. The number of hydrogen-bond donors (Lipinski definition) is 1. The van der Waals surface area contributed by atoms with E-state index in [4.69, 9.17) is 30.6 Å². The molecule has 0 aliphatic carbocycles. The number of carbonyl (C=O) groups excluding carboxylic acids is 2. The number of piperidine rings is 1. The maximum atomic E-state index is 15.8. The van der Waals surface area contributed by atoms with Gasteiger partial charge in [0.25, 0.3) is 5.88 Å². The Labute approximate surface area is 252 Å². The maximum Gasteiger partial charge on any atom is 0.410 e. The zero-order valence-corrected chi connectivity index (χ0v) is 26.7. The van der Waals surface area contributed by atoms with E-state index < -0.39 is 28.9 Å². The molecule has 1 atom stereocenters. The van der Waals surface area contributed by atoms with Gasteiger partial charge in [0, 0.05) is 30.1 Å². The van der Waals surface area contributed by atoms with Crippen molar-refractivity contribution in [2.75, 3.05) is 47.5 Å². The smallest absolute Gasteiger partial charge is 0.410 e. The Morgan fingerprint density at radius 2 is 1.93 bits per heavy atom. The van der Waals surface area contributed by atoms with Gasteiger partial charge in [0.15, 0.2) is 5.82 Å². The number of hydrogen-bond acceptors (Lipinski definition) is 8. The van der Waals surface area contributed by atoms with Crippen LogP contribution in [0.5, 0.6) is 5.88 Å². The summed E-state index contributed by atoms with van der Waals surface area (Å²) >= 11 is 9.67. The van der Waals surface area contributed by atoms with Crippen LogP contribution in [-0.4, -0.2) is 86.0 Å². The standard InChI is InChI=1S/C28H37BrClFN4O6/c1-27(2,3)41-26(37)35-12-9-28(10-13-35,25(36)38-5)19-17-14-18(30)20(29)21(31)22(17)32-24(23(19)33-39-6)40-15-16-8-7-11-34(16)4/h14,16,33H,7-13,15H2,1-6H3/p+1. The SMILES string of the molecule is CO[NH2+]c1c(OCC2CCCN2C)nc2c(F)c(Br)c(Cl)cc2c1C1(C(=O)OC)CCN(C(=O)OC(C)(C)C)CC1. The largest absolute Gasteiger partial charge is 0.472 e. The number of pyridine rings is 1. The van der Waals surface area contributed by atoms with Crippen molar-refractivity contribution in [2.45, 2.75) is 63.5 Å². The highest BCUT2D eigenvalue weighted by Crippen LogP contribution is 2.47. The van der Waals surface area contributed by atoms with E-state index in [1.165, 1.54) is 19.7 Å². The maximum absolute atomic E-state index is 15.8. The van der Waals surface area contributed by atoms with E-state index in [2.05, 4.69) is 25.8 Å². The topological polar surface area (TPSA) is 107 Å². The van der Waals surface area contributed by atoms with Crippen molar-refractivity contribution in [3.05, 3.63) is 26.9 Å². The van der Waals surface area contributed by atoms with Gasteiger partial charge in [0.2, 0.25) is 5.69 Å². The van der Waals surface area contributed by atoms with Gasteiger partial charge in [0.05, 0.1) is 23.7 Å². The number of benzene rings is 1. The highest BCUT2D eigenvalue weighted by atomic mass is 79.9. The average molecular weight is 661 g/mol. The number of methoxy groups -OCH3 is 1. The van der Waals surface area contributed by atoms with Crippen molar-refractivity contribution >= 4 is 56.2 Å². The van der Waals surface area contributed by atoms with Gasteiger partial charge in [-0.3, -0.25) is 4.79 Å². The quantitative estimate of drug-likeness (QED) is 0.264. The Kier molecular flexibility index (Phi) is 9.69. The van der Waals surface area contributed by atoms with E-state index >= 15 is 4.39 Å². The van der Waals surface area contributed by atoms with Crippen LogP contribution in [0.2, 0.25) is 5.02 Å². The summed E-state index contributed by atoms with van der Waals surface area (Å²) in [6, 6.07) is 1.75. The monoisotopic (exact) mass is 659 g/mol. The lowest BCUT2D eigenvalue weighted by atomic mass is 9.71. The second-order valence-corrected chi connectivity index (χ2v) is 12.8. The number of amides is 1. The third-order valence-electron chi connectivity index (χ3n) is 7.76. The van der Waals surface area contributed by atoms with E-state index in [0.717, 1.165) is 19.4 Å². The molecule has 1 unspecified atom stereocenters. The van der Waals surface area contributed by atoms with Crippen molar-refractivity contribution in [1.29, 1.82) is 0 Å². The molecule has 0 saturated carbocycles. The zero-order valence-electron chi connectivity index (χ0n) is 24.3. The van der Waals surface area contributed by atoms with Gasteiger partial charge in [-0.15, -0.1) is 0 Å². The number of nitrogens with zero attached hydrogens (tertiary/aromatic N) is 3. The number of rotatable bonds is 7. The molecule has 0 radical (unpaired) electrons. The van der Waals surface area contributed by atoms with E-state index in [0.29, 0.717) is 23.2 Å². The first kappa shape index (κ1) is 31.7. The molecule has 2 aliphatic rings. The molecular formula is C28H38BrClFN4O6+. The number of carbonyl (C=O) groups is 2. The molecule has 13 heteroatoms. The zero-order chi connectivity index (χ0) is 30.1. The van der Waals surface area contributed by atoms with E-state index in [-0.39, 0.29) is 52.9 Å². The first-order valence-corrected chi connectivity index (χ1v) is 14.8. The molecule has 41 heavy (non-hydrogen) atoms. The Balaban J connectivity index is 1.88. The fourth-order valence-corrected chi connectivity index (χ4v) is 6.16. The van der Waals surface area contributed by atoms with Crippen molar-refractivity contribution < 1.29 is 38.5 Å². The number of esters is 1. The molecule has 3 heterocycles. The second kappa shape index (κ2) is 12.5. The second-order valence-electron chi connectivity index (χ2n) is 11.6. The van der Waals surface area contributed by atoms with Crippen molar-refractivity contribution in [2.24, 2.45) is 0 Å². The summed E-state index contributed by atoms with van der Waals surface area (Å²) in [6.45, 7) is 7.08. The minimum atomic E-state index is -1.29. The Morgan fingerprint density at radius 3 is 2.49 bits per heavy atom. The van der Waals surface area contributed by atoms with Gasteiger partial charge in [-0.05, 0) is 82.0 Å². The van der Waals surface area contributed by atoms with E-state index in [1.54, 1.807) is 31.7 Å². The number of ether oxygens (including phenoxy) is 3. The number of likely N-dealkylation sites (N-methyl/N-ethyl adjacent to an activating group) is 1. The average Bonchev–Trinajstić information content (AvgIpc) is 3.34. The molecule has 2 aliphatic heterocycles. The first-order chi connectivity index (χ1) is 19.3. The van der Waals surface area contributed by atoms with Crippen LogP contribution in [0.1, 0.15) is 52.0 Å². The van der Waals surface area contributed by atoms with Crippen LogP contribution >= 0.6 is 27.5 Å². The summed E-state index contributed by atoms with van der Waals surface area (Å²) in [4.78, 5) is 40.4. The molecule has 226 valence electrons. The van der Waals surface area contributed by atoms with Crippen molar-refractivity contribution in [1.82, 2.24) is 14.8 Å². The van der Waals surface area contributed by atoms with Crippen LogP contribution in [-0.2, 0) is 24.5 Å². The molecule has 0 spiro atoms. The van der Waals surface area contributed by atoms with Gasteiger partial charge < -0.3 is 24.0 Å². The summed E-state index contributed by atoms with van der Waals surface area (Å²) in [7, 11) is 4.82. The van der Waals surface area contributed by atoms with Gasteiger partial charge in [-0.1, -0.05) is 11.6 Å². The van der Waals surface area contributed by atoms with E-state index in [1.807, 2.05) is 7.05 Å². The molecule has 2 fully saturated rings. The Morgan fingerprint density at radius 1 is 1.24 bits per heavy atom. The summed E-state index contributed by atoms with van der Waals surface area (Å²) in [5, 5.41) is 0.453. The minimum absolute atomic E-state index is 0.00263. The van der Waals surface area contributed by atoms with Crippen LogP contribution in [0.3, 0.4) is 0 Å². The lowest BCUT2D eigenvalue weighted by Gasteiger charge is -2.40. The van der Waals surface area contributed by atoms with Crippen LogP contribution in [0.4, 0.5) is 14.9 Å². The summed E-state index contributed by atoms with van der Waals surface area (Å²) < 4.78 is 33.0. The third kappa shape index (κ3) is 6.41. The van der Waals surface area contributed by atoms with Crippen LogP contribution in [0.15, 0.2) is 10.5 Å². The predicted molar refractivity (Wildman–Crippen MR) is 155 cm³/mol. The molecule has 0 bridgehead atoms. The minimum Gasteiger partial charge on any atom is -0.472 e. The molecule has 4 rings (SSSR count). The van der Waals surface area contributed by atoms with E-state index in [9.17, 15) is 9.59 Å². The van der Waals surface area contributed by atoms with Gasteiger partial charge in [0.1, 0.15) is 23.1 Å². The van der Waals surface area contributed by atoms with Crippen LogP contribution in [0.25, 0.3) is 10.9 Å². The number of aromatic nitrogens is 1. The number of likely N-dealkylation sites (tertiary alicyclic amines) is 2. The first-order valence-electron chi connectivity index (χ1n) is 13.6. The van der Waals surface area contributed by atoms with Crippen molar-refractivity contribution in [3.8, 4) is 5.88 Å². The fourth-order valence-electron chi connectivity index (χ4n) is 5.67. The molecule has 2 aromatic rings. The lowest BCUT2D eigenvalue weighted by molar-refractivity contribution is -0.830. The van der Waals surface area contributed by atoms with Gasteiger partial charge in [-0.2, -0.15) is 5.48 Å². The van der Waals surface area contributed by atoms with Crippen LogP contribution in [0, 0.1) is 5.82 Å². The summed E-state index contributed by atoms with van der Waals surface area (Å²) in [6.07, 6.45) is 1.91. The normalized spacial score (nSPS) is 19.4. The van der Waals surface area contributed by atoms with Gasteiger partial charge in [-0.25, -0.2) is 19.0 Å². The summed E-state index contributed by atoms with van der Waals surface area (Å²) in [5.74, 6) is -1.06. The van der Waals surface area contributed by atoms with Crippen molar-refractivity contribution in [3.63, 3.8) is 0 Å². The highest BCUT2D eigenvalue weighted by Gasteiger charge is 2.50. The van der Waals surface area contributed by atoms with Crippen LogP contribution < -0.4 is 10.2 Å². The number of quaternary nitrogens is 1. The molecule has 2 N–H and O–H groups in total. The Hall–Kier alpha value is -2.25. The molecule has 1 aromatic heterocycles. The lowest BCUT2D eigenvalue weighted by Crippen LogP contribution is -2.77. The number of fused-ring (bicyclic) bond motifs is 1. The summed E-state index contributed by atoms with van der Waals surface area (Å²) in [5.41, 5.74) is 0.325. The number of nitrogens with two attached hydrogens (primary N) is 1. The molecular weight excluding hydrogens is 623 g/mol. The molecule has 1 aromatic carbocycles. The van der Waals surface area contributed by atoms with Gasteiger partial charge >= 0.3 is 12.1 Å². The highest BCUT2D eigenvalue weighted by molar-refractivity contribution is 9.10.